The van der Waals surface area contributed by atoms with Gasteiger partial charge in [-0.3, -0.25) is 9.59 Å². The van der Waals surface area contributed by atoms with Gasteiger partial charge in [-0.05, 0) is 23.8 Å². The van der Waals surface area contributed by atoms with Crippen LogP contribution in [0.2, 0.25) is 0 Å². The minimum Gasteiger partial charge on any atom is -0.490 e. The third-order valence-electron chi connectivity index (χ3n) is 3.68. The lowest BCUT2D eigenvalue weighted by molar-refractivity contribution is -0.140. The maximum atomic E-state index is 12.6. The van der Waals surface area contributed by atoms with Crippen LogP contribution in [-0.4, -0.2) is 30.7 Å². The average Bonchev–Trinajstić information content (AvgIpc) is 2.43. The first-order valence-corrected chi connectivity index (χ1v) is 8.28. The number of carbonyl (C=O) groups is 3. The summed E-state index contributed by atoms with van der Waals surface area (Å²) in [5.41, 5.74) is 0.0483. The highest BCUT2D eigenvalue weighted by atomic mass is 16.6. The van der Waals surface area contributed by atoms with Gasteiger partial charge in [0.25, 0.3) is 0 Å². The number of ether oxygens (including phenoxy) is 2. The van der Waals surface area contributed by atoms with Gasteiger partial charge >= 0.3 is 5.97 Å². The molecule has 1 aliphatic carbocycles. The smallest absolute Gasteiger partial charge is 0.333 e. The molecule has 0 amide bonds. The Kier molecular flexibility index (Phi) is 6.16. The highest BCUT2D eigenvalue weighted by Gasteiger charge is 2.40. The van der Waals surface area contributed by atoms with Crippen molar-refractivity contribution in [2.75, 3.05) is 13.2 Å². The molecule has 1 rings (SSSR count). The summed E-state index contributed by atoms with van der Waals surface area (Å²) in [4.78, 5) is 36.5. The fourth-order valence-electron chi connectivity index (χ4n) is 2.41. The fourth-order valence-corrected chi connectivity index (χ4v) is 2.41. The molecule has 25 heavy (non-hydrogen) atoms. The molecule has 0 aromatic heterocycles. The van der Waals surface area contributed by atoms with Crippen LogP contribution in [0.4, 0.5) is 0 Å². The molecule has 0 spiro atoms. The summed E-state index contributed by atoms with van der Waals surface area (Å²) in [6, 6.07) is 0. The molecule has 5 heteroatoms. The van der Waals surface area contributed by atoms with Crippen LogP contribution < -0.4 is 0 Å². The van der Waals surface area contributed by atoms with Crippen molar-refractivity contribution in [3.8, 4) is 0 Å². The van der Waals surface area contributed by atoms with Crippen LogP contribution in [0.1, 0.15) is 48.5 Å². The van der Waals surface area contributed by atoms with Crippen molar-refractivity contribution in [3.63, 3.8) is 0 Å². The Bertz CT molecular complexity index is 663. The van der Waals surface area contributed by atoms with E-state index in [2.05, 4.69) is 6.58 Å². The van der Waals surface area contributed by atoms with Gasteiger partial charge in [0.05, 0.1) is 5.57 Å². The predicted molar refractivity (Wildman–Crippen MR) is 95.8 cm³/mol. The van der Waals surface area contributed by atoms with E-state index in [9.17, 15) is 14.4 Å². The van der Waals surface area contributed by atoms with E-state index in [1.54, 1.807) is 13.0 Å². The SMILES string of the molecule is C=C(C)C(=O)OCCOC1=C(C(C)(C)C)C(=O)C(=O)C(C(C)(C)C)=C1. The van der Waals surface area contributed by atoms with Gasteiger partial charge in [-0.25, -0.2) is 4.79 Å². The van der Waals surface area contributed by atoms with Crippen molar-refractivity contribution in [1.82, 2.24) is 0 Å². The van der Waals surface area contributed by atoms with Crippen LogP contribution in [0.25, 0.3) is 0 Å². The second-order valence-electron chi connectivity index (χ2n) is 8.22. The van der Waals surface area contributed by atoms with E-state index in [1.807, 2.05) is 41.5 Å². The molecule has 0 bridgehead atoms. The topological polar surface area (TPSA) is 69.7 Å². The molecule has 1 aliphatic rings. The molecule has 0 unspecified atom stereocenters. The van der Waals surface area contributed by atoms with Gasteiger partial charge in [0.15, 0.2) is 0 Å². The number of rotatable bonds is 5. The van der Waals surface area contributed by atoms with Crippen LogP contribution >= 0.6 is 0 Å². The summed E-state index contributed by atoms with van der Waals surface area (Å²) in [7, 11) is 0. The molecule has 0 radical (unpaired) electrons. The summed E-state index contributed by atoms with van der Waals surface area (Å²) in [6.07, 6.45) is 1.64. The van der Waals surface area contributed by atoms with E-state index in [4.69, 9.17) is 9.47 Å². The highest BCUT2D eigenvalue weighted by Crippen LogP contribution is 2.38. The second kappa shape index (κ2) is 7.38. The largest absolute Gasteiger partial charge is 0.490 e. The molecule has 0 atom stereocenters. The van der Waals surface area contributed by atoms with E-state index >= 15 is 0 Å². The first-order chi connectivity index (χ1) is 11.3. The van der Waals surface area contributed by atoms with Gasteiger partial charge in [0.1, 0.15) is 19.0 Å². The zero-order valence-corrected chi connectivity index (χ0v) is 16.2. The zero-order chi connectivity index (χ0) is 19.6. The number of allylic oxidation sites excluding steroid dienone is 3. The lowest BCUT2D eigenvalue weighted by Gasteiger charge is -2.31. The summed E-state index contributed by atoms with van der Waals surface area (Å²) in [5, 5.41) is 0. The van der Waals surface area contributed by atoms with Gasteiger partial charge in [-0.2, -0.15) is 0 Å². The molecular formula is C20H28O5. The summed E-state index contributed by atoms with van der Waals surface area (Å²) < 4.78 is 10.7. The molecule has 0 aliphatic heterocycles. The Morgan fingerprint density at radius 1 is 1.00 bits per heavy atom. The number of hydrogen-bond donors (Lipinski definition) is 0. The van der Waals surface area contributed by atoms with E-state index < -0.39 is 28.4 Å². The summed E-state index contributed by atoms with van der Waals surface area (Å²) in [6.45, 7) is 16.4. The van der Waals surface area contributed by atoms with Crippen molar-refractivity contribution < 1.29 is 23.9 Å². The predicted octanol–water partition coefficient (Wildman–Crippen LogP) is 3.55. The molecule has 0 fully saturated rings. The van der Waals surface area contributed by atoms with Crippen LogP contribution in [0.5, 0.6) is 0 Å². The lowest BCUT2D eigenvalue weighted by Crippen LogP contribution is -2.34. The van der Waals surface area contributed by atoms with Crippen LogP contribution in [0, 0.1) is 10.8 Å². The average molecular weight is 348 g/mol. The van der Waals surface area contributed by atoms with Crippen molar-refractivity contribution in [3.05, 3.63) is 35.1 Å². The molecule has 0 saturated heterocycles. The van der Waals surface area contributed by atoms with Gasteiger partial charge in [0, 0.05) is 11.1 Å². The maximum absolute atomic E-state index is 12.6. The first-order valence-electron chi connectivity index (χ1n) is 8.28. The molecule has 0 aromatic rings. The molecule has 5 nitrogen and oxygen atoms in total. The number of ketones is 2. The Morgan fingerprint density at radius 2 is 1.56 bits per heavy atom. The molecular weight excluding hydrogens is 320 g/mol. The highest BCUT2D eigenvalue weighted by molar-refractivity contribution is 6.50. The minimum absolute atomic E-state index is 0.0352. The summed E-state index contributed by atoms with van der Waals surface area (Å²) in [5.74, 6) is -1.14. The van der Waals surface area contributed by atoms with E-state index in [-0.39, 0.29) is 13.2 Å². The number of hydrogen-bond acceptors (Lipinski definition) is 5. The molecule has 0 saturated carbocycles. The minimum atomic E-state index is -0.545. The molecule has 0 N–H and O–H groups in total. The first kappa shape index (κ1) is 20.9. The fraction of sp³-hybridized carbons (Fsp3) is 0.550. The van der Waals surface area contributed by atoms with E-state index in [0.29, 0.717) is 22.5 Å². The van der Waals surface area contributed by atoms with E-state index in [0.717, 1.165) is 0 Å². The van der Waals surface area contributed by atoms with Crippen molar-refractivity contribution in [2.24, 2.45) is 10.8 Å². The Morgan fingerprint density at radius 3 is 2.00 bits per heavy atom. The third-order valence-corrected chi connectivity index (χ3v) is 3.68. The van der Waals surface area contributed by atoms with Crippen molar-refractivity contribution in [2.45, 2.75) is 48.5 Å². The van der Waals surface area contributed by atoms with Gasteiger partial charge < -0.3 is 9.47 Å². The molecule has 0 aromatic carbocycles. The van der Waals surface area contributed by atoms with Gasteiger partial charge in [-0.1, -0.05) is 48.1 Å². The van der Waals surface area contributed by atoms with E-state index in [1.165, 1.54) is 0 Å². The lowest BCUT2D eigenvalue weighted by atomic mass is 9.73. The molecule has 138 valence electrons. The monoisotopic (exact) mass is 348 g/mol. The Labute approximate surface area is 149 Å². The van der Waals surface area contributed by atoms with Crippen molar-refractivity contribution >= 4 is 17.5 Å². The Hall–Kier alpha value is -2.17. The van der Waals surface area contributed by atoms with Gasteiger partial charge in [0.2, 0.25) is 11.6 Å². The number of Topliss-reactive ketones (excluding diaryl/α,β-unsaturated/α-hetero) is 2. The molecule has 0 heterocycles. The Balaban J connectivity index is 3.11. The number of esters is 1. The maximum Gasteiger partial charge on any atom is 0.333 e. The third kappa shape index (κ3) is 5.15. The van der Waals surface area contributed by atoms with Crippen LogP contribution in [0.3, 0.4) is 0 Å². The summed E-state index contributed by atoms with van der Waals surface area (Å²) >= 11 is 0. The number of carbonyl (C=O) groups excluding carboxylic acids is 3. The van der Waals surface area contributed by atoms with Crippen molar-refractivity contribution in [1.29, 1.82) is 0 Å². The quantitative estimate of drug-likeness (QED) is 0.250. The van der Waals surface area contributed by atoms with Gasteiger partial charge in [-0.15, -0.1) is 0 Å². The zero-order valence-electron chi connectivity index (χ0n) is 16.2. The standard InChI is InChI=1S/C20H28O5/c1-12(2)18(23)25-10-9-24-14-11-13(19(3,4)5)16(21)17(22)15(14)20(6,7)8/h11H,1,9-10H2,2-8H3. The normalized spacial score (nSPS) is 15.9. The van der Waals surface area contributed by atoms with Crippen LogP contribution in [0.15, 0.2) is 35.1 Å². The van der Waals surface area contributed by atoms with Crippen LogP contribution in [-0.2, 0) is 23.9 Å². The second-order valence-corrected chi connectivity index (χ2v) is 8.22.